The Kier molecular flexibility index (Phi) is 6.84. The molecule has 1 aliphatic heterocycles. The second kappa shape index (κ2) is 9.36. The number of benzene rings is 2. The summed E-state index contributed by atoms with van der Waals surface area (Å²) < 4.78 is 43.1. The summed E-state index contributed by atoms with van der Waals surface area (Å²) in [6.07, 6.45) is 0.600. The maximum Gasteiger partial charge on any atom is 0.251 e. The number of hydrogen-bond donors (Lipinski definition) is 1. The number of fused-ring (bicyclic) bond motifs is 1. The molecule has 1 aliphatic rings. The predicted octanol–water partition coefficient (Wildman–Crippen LogP) is 2.43. The summed E-state index contributed by atoms with van der Waals surface area (Å²) in [6.45, 7) is 4.79. The fraction of sp³-hybridized carbons (Fsp3) is 0.381. The Morgan fingerprint density at radius 2 is 1.83 bits per heavy atom. The second-order valence-electron chi connectivity index (χ2n) is 6.65. The van der Waals surface area contributed by atoms with Crippen LogP contribution in [0.25, 0.3) is 0 Å². The van der Waals surface area contributed by atoms with Gasteiger partial charge in [-0.05, 0) is 42.3 Å². The fourth-order valence-corrected chi connectivity index (χ4v) is 4.88. The van der Waals surface area contributed by atoms with E-state index in [2.05, 4.69) is 5.32 Å². The SMILES string of the molecule is CCN(CC)S(=O)(=O)c1cc(C(=O)NCCc2ccc3c(c2)OCO3)ccc1OC. The Morgan fingerprint density at radius 3 is 2.53 bits per heavy atom. The molecule has 0 atom stereocenters. The minimum absolute atomic E-state index is 0.0166. The molecule has 0 fully saturated rings. The third-order valence-electron chi connectivity index (χ3n) is 4.89. The van der Waals surface area contributed by atoms with Gasteiger partial charge in [0.1, 0.15) is 10.6 Å². The number of ether oxygens (including phenoxy) is 3. The Hall–Kier alpha value is -2.78. The molecule has 1 amide bonds. The zero-order chi connectivity index (χ0) is 21.7. The molecular formula is C21H26N2O6S. The van der Waals surface area contributed by atoms with Gasteiger partial charge in [-0.15, -0.1) is 0 Å². The van der Waals surface area contributed by atoms with Gasteiger partial charge >= 0.3 is 0 Å². The molecule has 8 nitrogen and oxygen atoms in total. The van der Waals surface area contributed by atoms with Crippen molar-refractivity contribution >= 4 is 15.9 Å². The van der Waals surface area contributed by atoms with Crippen molar-refractivity contribution in [3.63, 3.8) is 0 Å². The summed E-state index contributed by atoms with van der Waals surface area (Å²) in [5, 5.41) is 2.83. The normalized spacial score (nSPS) is 12.8. The van der Waals surface area contributed by atoms with Crippen molar-refractivity contribution in [1.82, 2.24) is 9.62 Å². The van der Waals surface area contributed by atoms with Gasteiger partial charge in [0.25, 0.3) is 5.91 Å². The van der Waals surface area contributed by atoms with E-state index in [1.807, 2.05) is 18.2 Å². The summed E-state index contributed by atoms with van der Waals surface area (Å²) in [4.78, 5) is 12.6. The highest BCUT2D eigenvalue weighted by Gasteiger charge is 2.26. The molecule has 1 heterocycles. The maximum absolute atomic E-state index is 12.9. The number of methoxy groups -OCH3 is 1. The molecule has 0 saturated carbocycles. The molecule has 0 saturated heterocycles. The van der Waals surface area contributed by atoms with Crippen molar-refractivity contribution in [2.45, 2.75) is 25.2 Å². The lowest BCUT2D eigenvalue weighted by Gasteiger charge is -2.20. The molecule has 2 aromatic rings. The number of rotatable bonds is 9. The molecule has 0 radical (unpaired) electrons. The Morgan fingerprint density at radius 1 is 1.10 bits per heavy atom. The van der Waals surface area contributed by atoms with E-state index < -0.39 is 10.0 Å². The van der Waals surface area contributed by atoms with Gasteiger partial charge in [0, 0.05) is 25.2 Å². The fourth-order valence-electron chi connectivity index (χ4n) is 3.24. The number of sulfonamides is 1. The second-order valence-corrected chi connectivity index (χ2v) is 8.55. The Balaban J connectivity index is 1.71. The molecule has 1 N–H and O–H groups in total. The lowest BCUT2D eigenvalue weighted by atomic mass is 10.1. The molecule has 3 rings (SSSR count). The molecule has 0 aromatic heterocycles. The van der Waals surface area contributed by atoms with Crippen LogP contribution in [0, 0.1) is 0 Å². The highest BCUT2D eigenvalue weighted by Crippen LogP contribution is 2.32. The van der Waals surface area contributed by atoms with E-state index in [0.717, 1.165) is 5.56 Å². The van der Waals surface area contributed by atoms with Gasteiger partial charge in [-0.2, -0.15) is 4.31 Å². The lowest BCUT2D eigenvalue weighted by molar-refractivity contribution is 0.0954. The summed E-state index contributed by atoms with van der Waals surface area (Å²) in [5.74, 6) is 1.26. The molecule has 0 spiro atoms. The number of hydrogen-bond acceptors (Lipinski definition) is 6. The van der Waals surface area contributed by atoms with E-state index >= 15 is 0 Å². The van der Waals surface area contributed by atoms with Gasteiger partial charge in [-0.25, -0.2) is 8.42 Å². The summed E-state index contributed by atoms with van der Waals surface area (Å²) in [5.41, 5.74) is 1.26. The number of nitrogens with zero attached hydrogens (tertiary/aromatic N) is 1. The standard InChI is InChI=1S/C21H26N2O6S/c1-4-23(5-2)30(25,26)20-13-16(7-9-18(20)27-3)21(24)22-11-10-15-6-8-17-19(12-15)29-14-28-17/h6-9,12-13H,4-5,10-11,14H2,1-3H3,(H,22,24). The van der Waals surface area contributed by atoms with Crippen LogP contribution >= 0.6 is 0 Å². The largest absolute Gasteiger partial charge is 0.495 e. The van der Waals surface area contributed by atoms with E-state index in [1.165, 1.54) is 23.5 Å². The number of nitrogens with one attached hydrogen (secondary N) is 1. The molecule has 2 aromatic carbocycles. The van der Waals surface area contributed by atoms with Crippen LogP contribution in [0.2, 0.25) is 0 Å². The Bertz CT molecular complexity index is 1020. The van der Waals surface area contributed by atoms with Gasteiger partial charge in [0.15, 0.2) is 11.5 Å². The van der Waals surface area contributed by atoms with Crippen molar-refractivity contribution in [1.29, 1.82) is 0 Å². The lowest BCUT2D eigenvalue weighted by Crippen LogP contribution is -2.31. The van der Waals surface area contributed by atoms with E-state index in [0.29, 0.717) is 37.6 Å². The van der Waals surface area contributed by atoms with Gasteiger partial charge in [0.2, 0.25) is 16.8 Å². The van der Waals surface area contributed by atoms with Gasteiger partial charge < -0.3 is 19.5 Å². The van der Waals surface area contributed by atoms with E-state index in [1.54, 1.807) is 19.9 Å². The summed E-state index contributed by atoms with van der Waals surface area (Å²) in [7, 11) is -2.36. The van der Waals surface area contributed by atoms with E-state index in [4.69, 9.17) is 14.2 Å². The minimum Gasteiger partial charge on any atom is -0.495 e. The summed E-state index contributed by atoms with van der Waals surface area (Å²) >= 11 is 0. The number of carbonyl (C=O) groups is 1. The van der Waals surface area contributed by atoms with Crippen LogP contribution in [0.15, 0.2) is 41.3 Å². The smallest absolute Gasteiger partial charge is 0.251 e. The van der Waals surface area contributed by atoms with Gasteiger partial charge in [-0.1, -0.05) is 19.9 Å². The molecule has 0 unspecified atom stereocenters. The average Bonchev–Trinajstić information content (AvgIpc) is 3.21. The zero-order valence-electron chi connectivity index (χ0n) is 17.3. The third-order valence-corrected chi connectivity index (χ3v) is 6.96. The maximum atomic E-state index is 12.9. The van der Waals surface area contributed by atoms with Crippen LogP contribution in [0.3, 0.4) is 0 Å². The number of carbonyl (C=O) groups excluding carboxylic acids is 1. The molecule has 0 bridgehead atoms. The van der Waals surface area contributed by atoms with Gasteiger partial charge in [0.05, 0.1) is 7.11 Å². The third kappa shape index (κ3) is 4.52. The van der Waals surface area contributed by atoms with E-state index in [9.17, 15) is 13.2 Å². The van der Waals surface area contributed by atoms with Crippen LogP contribution in [-0.2, 0) is 16.4 Å². The molecule has 9 heteroatoms. The first-order valence-electron chi connectivity index (χ1n) is 9.75. The van der Waals surface area contributed by atoms with Crippen LogP contribution in [0.5, 0.6) is 17.2 Å². The van der Waals surface area contributed by atoms with Crippen molar-refractivity contribution in [3.05, 3.63) is 47.5 Å². The first kappa shape index (κ1) is 21.9. The molecular weight excluding hydrogens is 408 g/mol. The van der Waals surface area contributed by atoms with Crippen LogP contribution in [0.1, 0.15) is 29.8 Å². The quantitative estimate of drug-likeness (QED) is 0.652. The van der Waals surface area contributed by atoms with Crippen LogP contribution < -0.4 is 19.5 Å². The highest BCUT2D eigenvalue weighted by atomic mass is 32.2. The zero-order valence-corrected chi connectivity index (χ0v) is 18.1. The number of amides is 1. The van der Waals surface area contributed by atoms with Crippen molar-refractivity contribution in [2.24, 2.45) is 0 Å². The summed E-state index contributed by atoms with van der Waals surface area (Å²) in [6, 6.07) is 10.1. The van der Waals surface area contributed by atoms with Crippen LogP contribution in [0.4, 0.5) is 0 Å². The molecule has 0 aliphatic carbocycles. The van der Waals surface area contributed by atoms with Crippen molar-refractivity contribution < 1.29 is 27.4 Å². The first-order valence-corrected chi connectivity index (χ1v) is 11.2. The monoisotopic (exact) mass is 434 g/mol. The van der Waals surface area contributed by atoms with Crippen molar-refractivity contribution in [2.75, 3.05) is 33.5 Å². The first-order chi connectivity index (χ1) is 14.4. The molecule has 30 heavy (non-hydrogen) atoms. The average molecular weight is 435 g/mol. The molecule has 162 valence electrons. The minimum atomic E-state index is -3.77. The van der Waals surface area contributed by atoms with Crippen LogP contribution in [-0.4, -0.2) is 52.2 Å². The van der Waals surface area contributed by atoms with Crippen molar-refractivity contribution in [3.8, 4) is 17.2 Å². The topological polar surface area (TPSA) is 94.2 Å². The highest BCUT2D eigenvalue weighted by molar-refractivity contribution is 7.89. The van der Waals surface area contributed by atoms with E-state index in [-0.39, 0.29) is 28.9 Å². The van der Waals surface area contributed by atoms with Gasteiger partial charge in [-0.3, -0.25) is 4.79 Å². The Labute approximate surface area is 176 Å². The predicted molar refractivity (Wildman–Crippen MR) is 112 cm³/mol.